The highest BCUT2D eigenvalue weighted by Crippen LogP contribution is 2.21. The van der Waals surface area contributed by atoms with Gasteiger partial charge in [-0.3, -0.25) is 0 Å². The van der Waals surface area contributed by atoms with Crippen molar-refractivity contribution in [2.45, 2.75) is 0 Å². The lowest BCUT2D eigenvalue weighted by atomic mass is 10.0. The number of aromatic nitrogens is 4. The molecule has 2 aliphatic heterocycles. The molecule has 3 heterocycles. The Morgan fingerprint density at radius 1 is 1.21 bits per heavy atom. The van der Waals surface area contributed by atoms with E-state index in [1.165, 1.54) is 17.5 Å². The molecule has 1 aromatic heterocycles. The number of benzene rings is 1. The normalized spacial score (nSPS) is 14.9. The lowest BCUT2D eigenvalue weighted by Crippen LogP contribution is -2.31. The number of nitrogens with one attached hydrogen (secondary N) is 1. The van der Waals surface area contributed by atoms with Gasteiger partial charge in [-0.05, 0) is 28.1 Å². The Morgan fingerprint density at radius 2 is 2.16 bits per heavy atom. The number of hydrogen-bond donors (Lipinski definition) is 1. The molecule has 0 saturated heterocycles. The SMILES string of the molecule is C1=CN=C2c3ccccc3C=CN2C1.c1nnn[nH]1. The number of aliphatic imine (C=N–C) groups is 1. The van der Waals surface area contributed by atoms with Crippen molar-refractivity contribution < 1.29 is 0 Å². The highest BCUT2D eigenvalue weighted by Gasteiger charge is 2.17. The molecule has 0 radical (unpaired) electrons. The van der Waals surface area contributed by atoms with Crippen LogP contribution < -0.4 is 0 Å². The topological polar surface area (TPSA) is 70.1 Å². The predicted molar refractivity (Wildman–Crippen MR) is 72.0 cm³/mol. The Bertz CT molecular complexity index is 609. The lowest BCUT2D eigenvalue weighted by Gasteiger charge is -2.27. The van der Waals surface area contributed by atoms with Crippen molar-refractivity contribution in [3.8, 4) is 0 Å². The summed E-state index contributed by atoms with van der Waals surface area (Å²) < 4.78 is 0. The second-order valence-electron chi connectivity index (χ2n) is 3.96. The Labute approximate surface area is 110 Å². The van der Waals surface area contributed by atoms with E-state index in [0.29, 0.717) is 0 Å². The van der Waals surface area contributed by atoms with Gasteiger partial charge < -0.3 is 4.90 Å². The summed E-state index contributed by atoms with van der Waals surface area (Å²) >= 11 is 0. The number of aromatic amines is 1. The summed E-state index contributed by atoms with van der Waals surface area (Å²) in [5.41, 5.74) is 2.47. The van der Waals surface area contributed by atoms with E-state index in [1.54, 1.807) is 0 Å². The lowest BCUT2D eigenvalue weighted by molar-refractivity contribution is 0.614. The van der Waals surface area contributed by atoms with E-state index in [-0.39, 0.29) is 0 Å². The van der Waals surface area contributed by atoms with Crippen LogP contribution in [0.5, 0.6) is 0 Å². The Balaban J connectivity index is 0.000000187. The molecule has 6 heteroatoms. The maximum absolute atomic E-state index is 4.40. The van der Waals surface area contributed by atoms with Crippen molar-refractivity contribution in [1.82, 2.24) is 25.5 Å². The summed E-state index contributed by atoms with van der Waals surface area (Å²) in [6.07, 6.45) is 9.56. The Hall–Kier alpha value is -2.76. The van der Waals surface area contributed by atoms with Crippen molar-refractivity contribution in [2.75, 3.05) is 6.54 Å². The van der Waals surface area contributed by atoms with E-state index in [9.17, 15) is 0 Å². The minimum absolute atomic E-state index is 0.920. The van der Waals surface area contributed by atoms with E-state index in [4.69, 9.17) is 0 Å². The third-order valence-corrected chi connectivity index (χ3v) is 2.78. The monoisotopic (exact) mass is 252 g/mol. The first-order valence-corrected chi connectivity index (χ1v) is 5.89. The van der Waals surface area contributed by atoms with Gasteiger partial charge in [0, 0.05) is 24.5 Å². The molecule has 0 amide bonds. The molecule has 0 saturated carbocycles. The van der Waals surface area contributed by atoms with Crippen LogP contribution in [0.2, 0.25) is 0 Å². The van der Waals surface area contributed by atoms with Gasteiger partial charge in [0.15, 0.2) is 0 Å². The summed E-state index contributed by atoms with van der Waals surface area (Å²) in [6, 6.07) is 8.34. The first kappa shape index (κ1) is 11.3. The number of tetrazole rings is 1. The van der Waals surface area contributed by atoms with Gasteiger partial charge in [0.25, 0.3) is 0 Å². The third kappa shape index (κ3) is 2.42. The van der Waals surface area contributed by atoms with Gasteiger partial charge in [0.2, 0.25) is 0 Å². The number of amidine groups is 1. The van der Waals surface area contributed by atoms with Crippen molar-refractivity contribution in [2.24, 2.45) is 4.99 Å². The zero-order valence-corrected chi connectivity index (χ0v) is 10.1. The second kappa shape index (κ2) is 5.26. The van der Waals surface area contributed by atoms with Crippen molar-refractivity contribution in [3.05, 3.63) is 60.2 Å². The molecule has 94 valence electrons. The highest BCUT2D eigenvalue weighted by atomic mass is 15.5. The van der Waals surface area contributed by atoms with Crippen LogP contribution in [-0.4, -0.2) is 37.9 Å². The summed E-state index contributed by atoms with van der Waals surface area (Å²) in [4.78, 5) is 6.56. The van der Waals surface area contributed by atoms with Gasteiger partial charge in [0.05, 0.1) is 0 Å². The molecular weight excluding hydrogens is 240 g/mol. The minimum Gasteiger partial charge on any atom is -0.329 e. The Morgan fingerprint density at radius 3 is 2.95 bits per heavy atom. The minimum atomic E-state index is 0.920. The number of rotatable bonds is 0. The molecule has 4 rings (SSSR count). The fourth-order valence-corrected chi connectivity index (χ4v) is 1.95. The summed E-state index contributed by atoms with van der Waals surface area (Å²) in [5.74, 6) is 1.06. The van der Waals surface area contributed by atoms with Crippen LogP contribution in [0.1, 0.15) is 11.1 Å². The predicted octanol–water partition coefficient (Wildman–Crippen LogP) is 1.45. The van der Waals surface area contributed by atoms with Crippen LogP contribution in [0.15, 0.2) is 54.1 Å². The number of H-pyrrole nitrogens is 1. The van der Waals surface area contributed by atoms with Crippen molar-refractivity contribution >= 4 is 11.9 Å². The molecule has 1 aromatic carbocycles. The first-order chi connectivity index (χ1) is 9.45. The van der Waals surface area contributed by atoms with Gasteiger partial charge in [-0.25, -0.2) is 10.1 Å². The van der Waals surface area contributed by atoms with Crippen LogP contribution >= 0.6 is 0 Å². The van der Waals surface area contributed by atoms with Gasteiger partial charge >= 0.3 is 0 Å². The molecular formula is C13H12N6. The summed E-state index contributed by atoms with van der Waals surface area (Å²) in [7, 11) is 0. The van der Waals surface area contributed by atoms with Gasteiger partial charge in [-0.1, -0.05) is 24.3 Å². The molecule has 0 spiro atoms. The third-order valence-electron chi connectivity index (χ3n) is 2.78. The van der Waals surface area contributed by atoms with Crippen LogP contribution in [0.25, 0.3) is 6.08 Å². The van der Waals surface area contributed by atoms with Crippen LogP contribution in [-0.2, 0) is 0 Å². The molecule has 0 aliphatic carbocycles. The molecule has 0 atom stereocenters. The average Bonchev–Trinajstić information content (AvgIpc) is 3.07. The van der Waals surface area contributed by atoms with Crippen molar-refractivity contribution in [3.63, 3.8) is 0 Å². The van der Waals surface area contributed by atoms with E-state index in [1.807, 2.05) is 6.20 Å². The fraction of sp³-hybridized carbons (Fsp3) is 0.0769. The molecule has 1 N–H and O–H groups in total. The maximum atomic E-state index is 4.40. The zero-order chi connectivity index (χ0) is 12.9. The molecule has 2 aromatic rings. The zero-order valence-electron chi connectivity index (χ0n) is 10.1. The van der Waals surface area contributed by atoms with Crippen molar-refractivity contribution in [1.29, 1.82) is 0 Å². The standard InChI is InChI=1S/C12H10N2.CH2N4/c1-2-5-11-10(4-1)6-9-14-8-3-7-13-12(11)14;1-2-4-5-3-1/h1-7,9H,8H2;1H,(H,2,3,4,5). The number of nitrogens with zero attached hydrogens (tertiary/aromatic N) is 5. The molecule has 0 fully saturated rings. The first-order valence-electron chi connectivity index (χ1n) is 5.89. The highest BCUT2D eigenvalue weighted by molar-refractivity contribution is 6.05. The van der Waals surface area contributed by atoms with Crippen LogP contribution in [0, 0.1) is 0 Å². The van der Waals surface area contributed by atoms with E-state index in [0.717, 1.165) is 12.4 Å². The Kier molecular flexibility index (Phi) is 3.14. The van der Waals surface area contributed by atoms with E-state index in [2.05, 4.69) is 73.1 Å². The van der Waals surface area contributed by atoms with Crippen LogP contribution in [0.4, 0.5) is 0 Å². The van der Waals surface area contributed by atoms with Gasteiger partial charge in [-0.15, -0.1) is 5.10 Å². The maximum Gasteiger partial charge on any atom is 0.140 e. The average molecular weight is 252 g/mol. The summed E-state index contributed by atoms with van der Waals surface area (Å²) in [5, 5.41) is 12.1. The van der Waals surface area contributed by atoms with Gasteiger partial charge in [0.1, 0.15) is 12.2 Å². The van der Waals surface area contributed by atoms with Crippen LogP contribution in [0.3, 0.4) is 0 Å². The smallest absolute Gasteiger partial charge is 0.140 e. The number of fused-ring (bicyclic) bond motifs is 3. The molecule has 6 nitrogen and oxygen atoms in total. The largest absolute Gasteiger partial charge is 0.329 e. The summed E-state index contributed by atoms with van der Waals surface area (Å²) in [6.45, 7) is 0.920. The molecule has 0 unspecified atom stereocenters. The molecule has 0 bridgehead atoms. The second-order valence-corrected chi connectivity index (χ2v) is 3.96. The molecule has 2 aliphatic rings. The molecule has 19 heavy (non-hydrogen) atoms. The quantitative estimate of drug-likeness (QED) is 0.770. The van der Waals surface area contributed by atoms with E-state index >= 15 is 0 Å². The fourth-order valence-electron chi connectivity index (χ4n) is 1.95. The number of hydrogen-bond acceptors (Lipinski definition) is 5. The van der Waals surface area contributed by atoms with E-state index < -0.39 is 0 Å². The van der Waals surface area contributed by atoms with Gasteiger partial charge in [-0.2, -0.15) is 0 Å².